The Morgan fingerprint density at radius 1 is 1.17 bits per heavy atom. The Morgan fingerprint density at radius 3 is 2.44 bits per heavy atom. The number of aryl methyl sites for hydroxylation is 2. The fourth-order valence-electron chi connectivity index (χ4n) is 2.41. The molecule has 0 aromatic carbocycles. The van der Waals surface area contributed by atoms with Crippen LogP contribution in [-0.4, -0.2) is 11.0 Å². The molecule has 18 heavy (non-hydrogen) atoms. The monoisotopic (exact) mass is 268 g/mol. The van der Waals surface area contributed by atoms with Crippen molar-refractivity contribution in [1.29, 1.82) is 0 Å². The van der Waals surface area contributed by atoms with Gasteiger partial charge in [0, 0.05) is 17.0 Å². The molecule has 0 radical (unpaired) electrons. The fourth-order valence-corrected chi connectivity index (χ4v) is 3.33. The third-order valence-corrected chi connectivity index (χ3v) is 4.28. The summed E-state index contributed by atoms with van der Waals surface area (Å²) in [7, 11) is 0. The zero-order valence-corrected chi connectivity index (χ0v) is 13.4. The van der Waals surface area contributed by atoms with Crippen molar-refractivity contribution in [2.45, 2.75) is 78.8 Å². The van der Waals surface area contributed by atoms with Gasteiger partial charge in [-0.15, -0.1) is 11.3 Å². The van der Waals surface area contributed by atoms with Crippen molar-refractivity contribution < 1.29 is 0 Å². The first kappa shape index (κ1) is 15.6. The van der Waals surface area contributed by atoms with Gasteiger partial charge in [0.2, 0.25) is 0 Å². The standard InChI is InChI=1S/C15H28N2S/c1-6-7-8-9-10-11(2)16-12(3)15-13(4)18-14(5)17-15/h11-12,16H,6-10H2,1-5H3. The van der Waals surface area contributed by atoms with Crippen LogP contribution in [0.3, 0.4) is 0 Å². The highest BCUT2D eigenvalue weighted by molar-refractivity contribution is 7.11. The molecule has 0 aliphatic carbocycles. The summed E-state index contributed by atoms with van der Waals surface area (Å²) in [5.41, 5.74) is 1.23. The Labute approximate surface area is 116 Å². The molecule has 0 saturated heterocycles. The van der Waals surface area contributed by atoms with Gasteiger partial charge >= 0.3 is 0 Å². The summed E-state index contributed by atoms with van der Waals surface area (Å²) in [6.07, 6.45) is 6.66. The molecule has 1 aromatic heterocycles. The van der Waals surface area contributed by atoms with Crippen molar-refractivity contribution in [3.05, 3.63) is 15.6 Å². The number of thiazole rings is 1. The van der Waals surface area contributed by atoms with Gasteiger partial charge in [0.05, 0.1) is 10.7 Å². The van der Waals surface area contributed by atoms with Gasteiger partial charge in [0.15, 0.2) is 0 Å². The zero-order valence-electron chi connectivity index (χ0n) is 12.5. The SMILES string of the molecule is CCCCCCC(C)NC(C)c1nc(C)sc1C. The Balaban J connectivity index is 2.35. The molecule has 2 atom stereocenters. The first-order valence-corrected chi connectivity index (χ1v) is 8.06. The second-order valence-corrected chi connectivity index (χ2v) is 6.72. The van der Waals surface area contributed by atoms with Crippen LogP contribution in [0.15, 0.2) is 0 Å². The maximum atomic E-state index is 4.63. The number of nitrogens with one attached hydrogen (secondary N) is 1. The summed E-state index contributed by atoms with van der Waals surface area (Å²) in [6, 6.07) is 0.953. The van der Waals surface area contributed by atoms with E-state index < -0.39 is 0 Å². The molecule has 104 valence electrons. The number of hydrogen-bond donors (Lipinski definition) is 1. The molecule has 2 nitrogen and oxygen atoms in total. The largest absolute Gasteiger partial charge is 0.306 e. The van der Waals surface area contributed by atoms with Crippen molar-refractivity contribution in [3.8, 4) is 0 Å². The highest BCUT2D eigenvalue weighted by Crippen LogP contribution is 2.23. The van der Waals surface area contributed by atoms with Gasteiger partial charge in [-0.3, -0.25) is 0 Å². The number of nitrogens with zero attached hydrogens (tertiary/aromatic N) is 1. The first-order valence-electron chi connectivity index (χ1n) is 7.24. The lowest BCUT2D eigenvalue weighted by Crippen LogP contribution is -2.29. The molecule has 0 fully saturated rings. The number of aromatic nitrogens is 1. The van der Waals surface area contributed by atoms with Gasteiger partial charge in [-0.2, -0.15) is 0 Å². The predicted molar refractivity (Wildman–Crippen MR) is 81.4 cm³/mol. The van der Waals surface area contributed by atoms with Crippen molar-refractivity contribution in [3.63, 3.8) is 0 Å². The third-order valence-electron chi connectivity index (χ3n) is 3.37. The Morgan fingerprint density at radius 2 is 1.89 bits per heavy atom. The molecule has 0 saturated carbocycles. The molecule has 2 unspecified atom stereocenters. The van der Waals surface area contributed by atoms with E-state index in [1.165, 1.54) is 47.7 Å². The second kappa shape index (κ2) is 7.90. The van der Waals surface area contributed by atoms with E-state index in [1.54, 1.807) is 11.3 Å². The number of unbranched alkanes of at least 4 members (excludes halogenated alkanes) is 3. The maximum absolute atomic E-state index is 4.63. The molecule has 0 bridgehead atoms. The molecule has 1 N–H and O–H groups in total. The Bertz CT molecular complexity index is 346. The smallest absolute Gasteiger partial charge is 0.0900 e. The van der Waals surface area contributed by atoms with Gasteiger partial charge in [-0.05, 0) is 34.1 Å². The summed E-state index contributed by atoms with van der Waals surface area (Å²) in [4.78, 5) is 5.98. The maximum Gasteiger partial charge on any atom is 0.0900 e. The number of rotatable bonds is 8. The van der Waals surface area contributed by atoms with Gasteiger partial charge in [0.25, 0.3) is 0 Å². The van der Waals surface area contributed by atoms with Crippen LogP contribution in [0.25, 0.3) is 0 Å². The lowest BCUT2D eigenvalue weighted by atomic mass is 10.1. The van der Waals surface area contributed by atoms with E-state index in [-0.39, 0.29) is 0 Å². The van der Waals surface area contributed by atoms with Crippen LogP contribution in [0.1, 0.15) is 74.5 Å². The van der Waals surface area contributed by atoms with E-state index >= 15 is 0 Å². The quantitative estimate of drug-likeness (QED) is 0.687. The van der Waals surface area contributed by atoms with E-state index in [4.69, 9.17) is 0 Å². The average Bonchev–Trinajstić information content (AvgIpc) is 2.64. The normalized spacial score (nSPS) is 14.7. The molecule has 0 aliphatic heterocycles. The molecule has 0 amide bonds. The van der Waals surface area contributed by atoms with Gasteiger partial charge in [0.1, 0.15) is 0 Å². The minimum absolute atomic E-state index is 0.371. The van der Waals surface area contributed by atoms with Crippen molar-refractivity contribution in [2.75, 3.05) is 0 Å². The van der Waals surface area contributed by atoms with Crippen LogP contribution < -0.4 is 5.32 Å². The second-order valence-electron chi connectivity index (χ2n) is 5.31. The Kier molecular flexibility index (Phi) is 6.87. The molecule has 1 heterocycles. The van der Waals surface area contributed by atoms with Gasteiger partial charge in [-0.25, -0.2) is 4.98 Å². The summed E-state index contributed by atoms with van der Waals surface area (Å²) in [6.45, 7) is 11.0. The van der Waals surface area contributed by atoms with Crippen LogP contribution in [0.4, 0.5) is 0 Å². The van der Waals surface area contributed by atoms with E-state index in [2.05, 4.69) is 44.9 Å². The van der Waals surface area contributed by atoms with Crippen LogP contribution in [-0.2, 0) is 0 Å². The van der Waals surface area contributed by atoms with Crippen molar-refractivity contribution in [2.24, 2.45) is 0 Å². The minimum Gasteiger partial charge on any atom is -0.306 e. The van der Waals surface area contributed by atoms with Crippen LogP contribution in [0.2, 0.25) is 0 Å². The van der Waals surface area contributed by atoms with Crippen LogP contribution >= 0.6 is 11.3 Å². The first-order chi connectivity index (χ1) is 8.54. The van der Waals surface area contributed by atoms with Gasteiger partial charge in [-0.1, -0.05) is 32.6 Å². The summed E-state index contributed by atoms with van der Waals surface area (Å²) in [5, 5.41) is 4.84. The zero-order chi connectivity index (χ0) is 13.5. The molecular weight excluding hydrogens is 240 g/mol. The molecule has 0 spiro atoms. The minimum atomic E-state index is 0.371. The Hall–Kier alpha value is -0.410. The molecule has 0 aliphatic rings. The molecule has 1 aromatic rings. The van der Waals surface area contributed by atoms with Crippen molar-refractivity contribution >= 4 is 11.3 Å². The fraction of sp³-hybridized carbons (Fsp3) is 0.800. The third kappa shape index (κ3) is 5.07. The highest BCUT2D eigenvalue weighted by atomic mass is 32.1. The average molecular weight is 268 g/mol. The van der Waals surface area contributed by atoms with Crippen LogP contribution in [0, 0.1) is 13.8 Å². The van der Waals surface area contributed by atoms with E-state index in [0.717, 1.165) is 0 Å². The van der Waals surface area contributed by atoms with Gasteiger partial charge < -0.3 is 5.32 Å². The number of hydrogen-bond acceptors (Lipinski definition) is 3. The molecular formula is C15H28N2S. The molecule has 1 rings (SSSR count). The predicted octanol–water partition coefficient (Wildman–Crippen LogP) is 4.77. The summed E-state index contributed by atoms with van der Waals surface area (Å²) >= 11 is 1.80. The van der Waals surface area contributed by atoms with Crippen LogP contribution in [0.5, 0.6) is 0 Å². The van der Waals surface area contributed by atoms with E-state index in [0.29, 0.717) is 12.1 Å². The molecule has 3 heteroatoms. The summed E-state index contributed by atoms with van der Waals surface area (Å²) < 4.78 is 0. The van der Waals surface area contributed by atoms with E-state index in [9.17, 15) is 0 Å². The summed E-state index contributed by atoms with van der Waals surface area (Å²) in [5.74, 6) is 0. The lowest BCUT2D eigenvalue weighted by molar-refractivity contribution is 0.433. The lowest BCUT2D eigenvalue weighted by Gasteiger charge is -2.19. The van der Waals surface area contributed by atoms with E-state index in [1.807, 2.05) is 0 Å². The topological polar surface area (TPSA) is 24.9 Å². The highest BCUT2D eigenvalue weighted by Gasteiger charge is 2.14. The van der Waals surface area contributed by atoms with Crippen molar-refractivity contribution in [1.82, 2.24) is 10.3 Å².